The first-order valence-electron chi connectivity index (χ1n) is 6.13. The van der Waals surface area contributed by atoms with Crippen molar-refractivity contribution in [1.82, 2.24) is 14.8 Å². The highest BCUT2D eigenvalue weighted by Gasteiger charge is 2.05. The number of para-hydroxylation sites is 2. The molecule has 0 atom stereocenters. The number of benzene rings is 1. The summed E-state index contributed by atoms with van der Waals surface area (Å²) >= 11 is 0. The summed E-state index contributed by atoms with van der Waals surface area (Å²) in [6, 6.07) is 8.95. The van der Waals surface area contributed by atoms with Crippen molar-refractivity contribution >= 4 is 17.3 Å². The van der Waals surface area contributed by atoms with Gasteiger partial charge in [-0.3, -0.25) is 9.48 Å². The lowest BCUT2D eigenvalue weighted by Gasteiger charge is -2.07. The molecule has 102 valence electrons. The zero-order valence-corrected chi connectivity index (χ0v) is 10.8. The van der Waals surface area contributed by atoms with Crippen LogP contribution in [-0.2, 0) is 11.3 Å². The van der Waals surface area contributed by atoms with E-state index in [1.54, 1.807) is 16.8 Å². The maximum Gasteiger partial charge on any atom is 0.252 e. The van der Waals surface area contributed by atoms with E-state index in [-0.39, 0.29) is 11.7 Å². The van der Waals surface area contributed by atoms with Crippen LogP contribution in [0.4, 0.5) is 11.4 Å². The van der Waals surface area contributed by atoms with Crippen molar-refractivity contribution in [2.24, 2.45) is 0 Å². The molecule has 1 amide bonds. The third kappa shape index (κ3) is 3.55. The molecule has 0 fully saturated rings. The third-order valence-corrected chi connectivity index (χ3v) is 2.66. The van der Waals surface area contributed by atoms with Gasteiger partial charge >= 0.3 is 0 Å². The summed E-state index contributed by atoms with van der Waals surface area (Å²) in [7, 11) is 0. The van der Waals surface area contributed by atoms with E-state index in [2.05, 4.69) is 15.4 Å². The number of aromatic nitrogens is 3. The van der Waals surface area contributed by atoms with Crippen molar-refractivity contribution in [1.29, 1.82) is 5.26 Å². The molecule has 1 aromatic heterocycles. The largest absolute Gasteiger partial charge is 0.397 e. The van der Waals surface area contributed by atoms with Gasteiger partial charge in [0.05, 0.1) is 11.4 Å². The smallest absolute Gasteiger partial charge is 0.252 e. The Morgan fingerprint density at radius 1 is 1.45 bits per heavy atom. The molecule has 1 heterocycles. The Morgan fingerprint density at radius 2 is 2.25 bits per heavy atom. The summed E-state index contributed by atoms with van der Waals surface area (Å²) in [6.45, 7) is 0.534. The molecule has 2 aromatic rings. The minimum atomic E-state index is -0.108. The number of nitriles is 1. The van der Waals surface area contributed by atoms with Crippen LogP contribution in [0.2, 0.25) is 0 Å². The second-order valence-electron chi connectivity index (χ2n) is 4.18. The quantitative estimate of drug-likeness (QED) is 0.792. The van der Waals surface area contributed by atoms with Gasteiger partial charge in [0.15, 0.2) is 0 Å². The molecule has 2 rings (SSSR count). The molecule has 0 unspecified atom stereocenters. The van der Waals surface area contributed by atoms with Gasteiger partial charge in [0.25, 0.3) is 5.82 Å². The summed E-state index contributed by atoms with van der Waals surface area (Å²) in [5, 5.41) is 15.3. The standard InChI is InChI=1S/C13H14N6O/c14-8-12-16-9-19(18-12)7-3-6-13(20)17-11-5-2-1-4-10(11)15/h1-2,4-5,9H,3,6-7,15H2,(H,17,20). The molecule has 20 heavy (non-hydrogen) atoms. The SMILES string of the molecule is N#Cc1ncn(CCCC(=O)Nc2ccccc2N)n1. The van der Waals surface area contributed by atoms with E-state index in [1.165, 1.54) is 6.33 Å². The zero-order valence-electron chi connectivity index (χ0n) is 10.8. The van der Waals surface area contributed by atoms with Crippen LogP contribution >= 0.6 is 0 Å². The number of aryl methyl sites for hydroxylation is 1. The van der Waals surface area contributed by atoms with Gasteiger partial charge in [0.1, 0.15) is 12.4 Å². The first-order valence-corrected chi connectivity index (χ1v) is 6.13. The highest BCUT2D eigenvalue weighted by Crippen LogP contribution is 2.16. The number of nitrogens with zero attached hydrogens (tertiary/aromatic N) is 4. The Morgan fingerprint density at radius 3 is 2.95 bits per heavy atom. The average molecular weight is 270 g/mol. The Bertz CT molecular complexity index is 642. The van der Waals surface area contributed by atoms with Crippen LogP contribution in [0.15, 0.2) is 30.6 Å². The molecular weight excluding hydrogens is 256 g/mol. The fourth-order valence-corrected chi connectivity index (χ4v) is 1.68. The fourth-order valence-electron chi connectivity index (χ4n) is 1.68. The highest BCUT2D eigenvalue weighted by molar-refractivity contribution is 5.93. The van der Waals surface area contributed by atoms with Crippen LogP contribution in [0.3, 0.4) is 0 Å². The van der Waals surface area contributed by atoms with E-state index in [9.17, 15) is 4.79 Å². The zero-order chi connectivity index (χ0) is 14.4. The van der Waals surface area contributed by atoms with Crippen molar-refractivity contribution in [2.75, 3.05) is 11.1 Å². The molecule has 1 aromatic carbocycles. The van der Waals surface area contributed by atoms with E-state index in [1.807, 2.05) is 18.2 Å². The summed E-state index contributed by atoms with van der Waals surface area (Å²) < 4.78 is 1.54. The van der Waals surface area contributed by atoms with Gasteiger partial charge in [-0.15, -0.1) is 5.10 Å². The lowest BCUT2D eigenvalue weighted by molar-refractivity contribution is -0.116. The van der Waals surface area contributed by atoms with Crippen LogP contribution in [-0.4, -0.2) is 20.7 Å². The molecule has 7 heteroatoms. The predicted molar refractivity (Wildman–Crippen MR) is 73.5 cm³/mol. The Hall–Kier alpha value is -2.88. The molecular formula is C13H14N6O. The summed E-state index contributed by atoms with van der Waals surface area (Å²) in [6.07, 6.45) is 2.43. The Labute approximate surface area is 116 Å². The van der Waals surface area contributed by atoms with Gasteiger partial charge in [-0.05, 0) is 18.6 Å². The van der Waals surface area contributed by atoms with E-state index >= 15 is 0 Å². The van der Waals surface area contributed by atoms with Crippen molar-refractivity contribution in [3.8, 4) is 6.07 Å². The maximum atomic E-state index is 11.8. The lowest BCUT2D eigenvalue weighted by atomic mass is 10.2. The van der Waals surface area contributed by atoms with E-state index < -0.39 is 0 Å². The molecule has 7 nitrogen and oxygen atoms in total. The number of hydrogen-bond acceptors (Lipinski definition) is 5. The lowest BCUT2D eigenvalue weighted by Crippen LogP contribution is -2.13. The molecule has 0 spiro atoms. The number of anilines is 2. The molecule has 0 aliphatic rings. The molecule has 0 radical (unpaired) electrons. The molecule has 0 saturated heterocycles. The predicted octanol–water partition coefficient (Wildman–Crippen LogP) is 1.15. The summed E-state index contributed by atoms with van der Waals surface area (Å²) in [5.41, 5.74) is 6.89. The second-order valence-corrected chi connectivity index (χ2v) is 4.18. The number of rotatable bonds is 5. The molecule has 0 aliphatic carbocycles. The molecule has 3 N–H and O–H groups in total. The van der Waals surface area contributed by atoms with Gasteiger partial charge in [0.2, 0.25) is 5.91 Å². The molecule has 0 bridgehead atoms. The van der Waals surface area contributed by atoms with Crippen LogP contribution in [0.1, 0.15) is 18.7 Å². The van der Waals surface area contributed by atoms with E-state index in [0.29, 0.717) is 30.8 Å². The Balaban J connectivity index is 1.78. The number of carbonyl (C=O) groups excluding carboxylic acids is 1. The number of amides is 1. The first kappa shape index (κ1) is 13.5. The van der Waals surface area contributed by atoms with Crippen LogP contribution in [0.25, 0.3) is 0 Å². The second kappa shape index (κ2) is 6.33. The number of carbonyl (C=O) groups is 1. The Kier molecular flexibility index (Phi) is 4.29. The minimum Gasteiger partial charge on any atom is -0.397 e. The third-order valence-electron chi connectivity index (χ3n) is 2.66. The normalized spacial score (nSPS) is 9.95. The topological polar surface area (TPSA) is 110 Å². The number of nitrogens with one attached hydrogen (secondary N) is 1. The fraction of sp³-hybridized carbons (Fsp3) is 0.231. The number of nitrogen functional groups attached to an aromatic ring is 1. The number of hydrogen-bond donors (Lipinski definition) is 2. The number of nitrogens with two attached hydrogens (primary N) is 1. The summed E-state index contributed by atoms with van der Waals surface area (Å²) in [4.78, 5) is 15.5. The molecule has 0 saturated carbocycles. The van der Waals surface area contributed by atoms with Crippen LogP contribution in [0, 0.1) is 11.3 Å². The maximum absolute atomic E-state index is 11.8. The van der Waals surface area contributed by atoms with Gasteiger partial charge in [-0.1, -0.05) is 12.1 Å². The van der Waals surface area contributed by atoms with Crippen LogP contribution in [0.5, 0.6) is 0 Å². The minimum absolute atomic E-state index is 0.108. The van der Waals surface area contributed by atoms with Crippen LogP contribution < -0.4 is 11.1 Å². The monoisotopic (exact) mass is 270 g/mol. The van der Waals surface area contributed by atoms with Gasteiger partial charge in [-0.25, -0.2) is 4.98 Å². The van der Waals surface area contributed by atoms with Crippen molar-refractivity contribution in [2.45, 2.75) is 19.4 Å². The van der Waals surface area contributed by atoms with E-state index in [0.717, 1.165) is 0 Å². The summed E-state index contributed by atoms with van der Waals surface area (Å²) in [5.74, 6) is 0.0232. The van der Waals surface area contributed by atoms with Gasteiger partial charge in [0, 0.05) is 13.0 Å². The van der Waals surface area contributed by atoms with Gasteiger partial charge in [-0.2, -0.15) is 5.26 Å². The first-order chi connectivity index (χ1) is 9.69. The highest BCUT2D eigenvalue weighted by atomic mass is 16.1. The van der Waals surface area contributed by atoms with Gasteiger partial charge < -0.3 is 11.1 Å². The molecule has 0 aliphatic heterocycles. The van der Waals surface area contributed by atoms with Crippen molar-refractivity contribution < 1.29 is 4.79 Å². The van der Waals surface area contributed by atoms with Crippen molar-refractivity contribution in [3.05, 3.63) is 36.4 Å². The van der Waals surface area contributed by atoms with Crippen molar-refractivity contribution in [3.63, 3.8) is 0 Å². The van der Waals surface area contributed by atoms with E-state index in [4.69, 9.17) is 11.0 Å². The average Bonchev–Trinajstić information content (AvgIpc) is 2.89.